The van der Waals surface area contributed by atoms with Gasteiger partial charge in [0, 0.05) is 25.2 Å². The lowest BCUT2D eigenvalue weighted by Crippen LogP contribution is -2.39. The van der Waals surface area contributed by atoms with Gasteiger partial charge in [0.05, 0.1) is 13.2 Å². The molecule has 106 valence electrons. The molecule has 1 aromatic carbocycles. The first-order chi connectivity index (χ1) is 9.69. The number of hydrogen-bond acceptors (Lipinski definition) is 4. The molecular weight excluding hydrogens is 256 g/mol. The molecule has 0 spiro atoms. The minimum atomic E-state index is -0.663. The molecular formula is C14H18N4O2. The molecule has 0 radical (unpaired) electrons. The Hall–Kier alpha value is -2.18. The van der Waals surface area contributed by atoms with Crippen molar-refractivity contribution in [3.63, 3.8) is 0 Å². The first-order valence-corrected chi connectivity index (χ1v) is 6.31. The van der Waals surface area contributed by atoms with Gasteiger partial charge in [-0.15, -0.1) is 0 Å². The first-order valence-electron chi connectivity index (χ1n) is 6.31. The number of rotatable bonds is 6. The molecule has 0 saturated carbocycles. The number of ether oxygens (including phenoxy) is 1. The van der Waals surface area contributed by atoms with Gasteiger partial charge in [0.15, 0.2) is 0 Å². The van der Waals surface area contributed by atoms with E-state index >= 15 is 0 Å². The molecule has 1 amide bonds. The summed E-state index contributed by atoms with van der Waals surface area (Å²) in [5, 5.41) is 6.89. The molecule has 2 rings (SSSR count). The number of anilines is 1. The molecule has 1 atom stereocenters. The normalized spacial score (nSPS) is 12.1. The van der Waals surface area contributed by atoms with E-state index in [1.54, 1.807) is 6.20 Å². The van der Waals surface area contributed by atoms with Gasteiger partial charge >= 0.3 is 0 Å². The molecule has 0 fully saturated rings. The Balaban J connectivity index is 1.93. The number of hydrogen-bond donors (Lipinski definition) is 2. The molecule has 1 unspecified atom stereocenters. The van der Waals surface area contributed by atoms with Crippen LogP contribution in [0.25, 0.3) is 0 Å². The Morgan fingerprint density at radius 2 is 2.20 bits per heavy atom. The third-order valence-corrected chi connectivity index (χ3v) is 2.81. The highest BCUT2D eigenvalue weighted by Gasteiger charge is 2.12. The summed E-state index contributed by atoms with van der Waals surface area (Å²) in [7, 11) is 1.51. The summed E-state index contributed by atoms with van der Waals surface area (Å²) in [5.74, 6) is -0.258. The van der Waals surface area contributed by atoms with E-state index in [1.165, 1.54) is 7.11 Å². The van der Waals surface area contributed by atoms with Crippen LogP contribution in [-0.4, -0.2) is 35.4 Å². The zero-order valence-corrected chi connectivity index (χ0v) is 11.3. The van der Waals surface area contributed by atoms with Crippen molar-refractivity contribution >= 4 is 11.6 Å². The lowest BCUT2D eigenvalue weighted by Gasteiger charge is -2.11. The van der Waals surface area contributed by atoms with Gasteiger partial charge in [-0.05, 0) is 23.8 Å². The number of carbonyl (C=O) groups excluding carboxylic acids is 1. The van der Waals surface area contributed by atoms with Crippen LogP contribution < -0.4 is 11.1 Å². The van der Waals surface area contributed by atoms with Crippen LogP contribution in [0, 0.1) is 0 Å². The Bertz CT molecular complexity index is 537. The molecule has 0 aliphatic rings. The molecule has 2 aromatic rings. The van der Waals surface area contributed by atoms with E-state index in [4.69, 9.17) is 10.5 Å². The second-order valence-electron chi connectivity index (χ2n) is 4.45. The van der Waals surface area contributed by atoms with Crippen molar-refractivity contribution in [2.24, 2.45) is 5.73 Å². The molecule has 0 aliphatic heterocycles. The Morgan fingerprint density at radius 1 is 1.45 bits per heavy atom. The van der Waals surface area contributed by atoms with Gasteiger partial charge in [-0.25, -0.2) is 0 Å². The van der Waals surface area contributed by atoms with Crippen molar-refractivity contribution in [1.82, 2.24) is 9.78 Å². The van der Waals surface area contributed by atoms with Crippen molar-refractivity contribution in [2.45, 2.75) is 12.6 Å². The summed E-state index contributed by atoms with van der Waals surface area (Å²) < 4.78 is 6.68. The van der Waals surface area contributed by atoms with E-state index in [0.29, 0.717) is 12.2 Å². The minimum absolute atomic E-state index is 0.198. The number of methoxy groups -OCH3 is 1. The molecule has 6 heteroatoms. The SMILES string of the molecule is COCC(N)C(=O)Nc1ccc(Cn2cccn2)cc1. The van der Waals surface area contributed by atoms with E-state index in [1.807, 2.05) is 41.2 Å². The van der Waals surface area contributed by atoms with Crippen molar-refractivity contribution in [3.8, 4) is 0 Å². The summed E-state index contributed by atoms with van der Waals surface area (Å²) in [4.78, 5) is 11.7. The number of nitrogens with zero attached hydrogens (tertiary/aromatic N) is 2. The molecule has 6 nitrogen and oxygen atoms in total. The fourth-order valence-corrected chi connectivity index (χ4v) is 1.76. The molecule has 1 heterocycles. The quantitative estimate of drug-likeness (QED) is 0.818. The van der Waals surface area contributed by atoms with Gasteiger partial charge < -0.3 is 15.8 Å². The van der Waals surface area contributed by atoms with Crippen LogP contribution in [0.4, 0.5) is 5.69 Å². The van der Waals surface area contributed by atoms with Crippen molar-refractivity contribution in [2.75, 3.05) is 19.0 Å². The highest BCUT2D eigenvalue weighted by Crippen LogP contribution is 2.10. The highest BCUT2D eigenvalue weighted by molar-refractivity contribution is 5.94. The fourth-order valence-electron chi connectivity index (χ4n) is 1.76. The second-order valence-corrected chi connectivity index (χ2v) is 4.45. The van der Waals surface area contributed by atoms with E-state index in [-0.39, 0.29) is 12.5 Å². The second kappa shape index (κ2) is 6.83. The number of aromatic nitrogens is 2. The summed E-state index contributed by atoms with van der Waals surface area (Å²) in [5.41, 5.74) is 7.47. The number of carbonyl (C=O) groups is 1. The smallest absolute Gasteiger partial charge is 0.243 e. The predicted octanol–water partition coefficient (Wildman–Crippen LogP) is 0.844. The van der Waals surface area contributed by atoms with Crippen LogP contribution in [0.2, 0.25) is 0 Å². The van der Waals surface area contributed by atoms with Crippen LogP contribution in [0.3, 0.4) is 0 Å². The Labute approximate surface area is 117 Å². The van der Waals surface area contributed by atoms with Gasteiger partial charge in [-0.3, -0.25) is 9.48 Å². The summed E-state index contributed by atoms with van der Waals surface area (Å²) >= 11 is 0. The third kappa shape index (κ3) is 3.91. The van der Waals surface area contributed by atoms with Crippen molar-refractivity contribution < 1.29 is 9.53 Å². The maximum Gasteiger partial charge on any atom is 0.243 e. The third-order valence-electron chi connectivity index (χ3n) is 2.81. The van der Waals surface area contributed by atoms with Crippen molar-refractivity contribution in [1.29, 1.82) is 0 Å². The minimum Gasteiger partial charge on any atom is -0.383 e. The molecule has 20 heavy (non-hydrogen) atoms. The Morgan fingerprint density at radius 3 is 2.80 bits per heavy atom. The molecule has 0 bridgehead atoms. The van der Waals surface area contributed by atoms with E-state index in [9.17, 15) is 4.79 Å². The highest BCUT2D eigenvalue weighted by atomic mass is 16.5. The maximum absolute atomic E-state index is 11.7. The molecule has 0 saturated heterocycles. The molecule has 3 N–H and O–H groups in total. The van der Waals surface area contributed by atoms with Crippen molar-refractivity contribution in [3.05, 3.63) is 48.3 Å². The van der Waals surface area contributed by atoms with Crippen LogP contribution in [-0.2, 0) is 16.1 Å². The van der Waals surface area contributed by atoms with E-state index in [2.05, 4.69) is 10.4 Å². The fraction of sp³-hybridized carbons (Fsp3) is 0.286. The lowest BCUT2D eigenvalue weighted by atomic mass is 10.2. The van der Waals surface area contributed by atoms with Crippen LogP contribution in [0.15, 0.2) is 42.7 Å². The first kappa shape index (κ1) is 14.2. The number of benzene rings is 1. The molecule has 1 aromatic heterocycles. The lowest BCUT2D eigenvalue weighted by molar-refractivity contribution is -0.118. The summed E-state index contributed by atoms with van der Waals surface area (Å²) in [6, 6.07) is 8.79. The van der Waals surface area contributed by atoms with Gasteiger partial charge in [0.1, 0.15) is 6.04 Å². The van der Waals surface area contributed by atoms with Crippen LogP contribution in [0.1, 0.15) is 5.56 Å². The maximum atomic E-state index is 11.7. The van der Waals surface area contributed by atoms with Gasteiger partial charge in [-0.1, -0.05) is 12.1 Å². The van der Waals surface area contributed by atoms with E-state index < -0.39 is 6.04 Å². The number of nitrogens with one attached hydrogen (secondary N) is 1. The van der Waals surface area contributed by atoms with Gasteiger partial charge in [0.25, 0.3) is 0 Å². The van der Waals surface area contributed by atoms with E-state index in [0.717, 1.165) is 5.56 Å². The summed E-state index contributed by atoms with van der Waals surface area (Å²) in [6.45, 7) is 0.896. The monoisotopic (exact) mass is 274 g/mol. The van der Waals surface area contributed by atoms with Crippen LogP contribution in [0.5, 0.6) is 0 Å². The molecule has 0 aliphatic carbocycles. The predicted molar refractivity (Wildman–Crippen MR) is 76.3 cm³/mol. The summed E-state index contributed by atoms with van der Waals surface area (Å²) in [6.07, 6.45) is 3.64. The van der Waals surface area contributed by atoms with Gasteiger partial charge in [0.2, 0.25) is 5.91 Å². The standard InChI is InChI=1S/C14H18N4O2/c1-20-10-13(15)14(19)17-12-5-3-11(4-6-12)9-18-8-2-7-16-18/h2-8,13H,9-10,15H2,1H3,(H,17,19). The average Bonchev–Trinajstić information content (AvgIpc) is 2.94. The topological polar surface area (TPSA) is 82.2 Å². The zero-order valence-electron chi connectivity index (χ0n) is 11.3. The average molecular weight is 274 g/mol. The van der Waals surface area contributed by atoms with Crippen LogP contribution >= 0.6 is 0 Å². The largest absolute Gasteiger partial charge is 0.383 e. The zero-order chi connectivity index (χ0) is 14.4. The van der Waals surface area contributed by atoms with Gasteiger partial charge in [-0.2, -0.15) is 5.10 Å². The number of amides is 1. The Kier molecular flexibility index (Phi) is 4.86. The number of nitrogens with two attached hydrogens (primary N) is 1.